The first-order valence-corrected chi connectivity index (χ1v) is 11.9. The molecule has 2 aromatic heterocycles. The number of sulfonamides is 1. The molecule has 1 aliphatic heterocycles. The first-order chi connectivity index (χ1) is 15.6. The number of rotatable bonds is 5. The predicted molar refractivity (Wildman–Crippen MR) is 115 cm³/mol. The fourth-order valence-electron chi connectivity index (χ4n) is 3.92. The monoisotopic (exact) mass is 481 g/mol. The average molecular weight is 482 g/mol. The summed E-state index contributed by atoms with van der Waals surface area (Å²) < 4.78 is 69.3. The van der Waals surface area contributed by atoms with Crippen molar-refractivity contribution in [3.05, 3.63) is 48.4 Å². The molecule has 176 valence electrons. The van der Waals surface area contributed by atoms with E-state index in [9.17, 15) is 26.4 Å². The molecule has 1 aliphatic rings. The smallest absolute Gasteiger partial charge is 0.326 e. The first kappa shape index (κ1) is 23.2. The summed E-state index contributed by atoms with van der Waals surface area (Å²) >= 11 is 0. The van der Waals surface area contributed by atoms with Crippen molar-refractivity contribution < 1.29 is 26.4 Å². The Morgan fingerprint density at radius 2 is 1.82 bits per heavy atom. The van der Waals surface area contributed by atoms with Crippen molar-refractivity contribution in [1.29, 1.82) is 0 Å². The van der Waals surface area contributed by atoms with Gasteiger partial charge in [0.1, 0.15) is 5.52 Å². The van der Waals surface area contributed by atoms with E-state index in [4.69, 9.17) is 0 Å². The van der Waals surface area contributed by atoms with Gasteiger partial charge in [-0.3, -0.25) is 4.79 Å². The van der Waals surface area contributed by atoms with Crippen molar-refractivity contribution in [3.8, 4) is 0 Å². The highest BCUT2D eigenvalue weighted by Gasteiger charge is 2.41. The van der Waals surface area contributed by atoms with Crippen LogP contribution in [0.15, 0.2) is 47.5 Å². The number of anilines is 1. The molecule has 1 saturated heterocycles. The first-order valence-electron chi connectivity index (χ1n) is 10.4. The number of halogens is 3. The Bertz CT molecular complexity index is 1260. The maximum atomic E-state index is 13.6. The highest BCUT2D eigenvalue weighted by Crippen LogP contribution is 2.36. The third kappa shape index (κ3) is 4.58. The number of carbonyl (C=O) groups is 1. The maximum Gasteiger partial charge on any atom is 0.449 e. The molecule has 3 heterocycles. The van der Waals surface area contributed by atoms with Crippen LogP contribution >= 0.6 is 0 Å². The molecule has 4 rings (SSSR count). The normalized spacial score (nSPS) is 16.2. The number of nitrogens with zero attached hydrogens (tertiary/aromatic N) is 4. The number of imidazole rings is 1. The molecular formula is C21H22F3N5O3S. The third-order valence-electron chi connectivity index (χ3n) is 5.59. The quantitative estimate of drug-likeness (QED) is 0.598. The van der Waals surface area contributed by atoms with Crippen LogP contribution in [0.25, 0.3) is 11.2 Å². The Morgan fingerprint density at radius 1 is 1.15 bits per heavy atom. The van der Waals surface area contributed by atoms with Gasteiger partial charge in [0.25, 0.3) is 0 Å². The standard InChI is InChI=1S/C21H22F3N5O3S/c1-2-18(30)26-14-5-7-16(8-6-14)33(31,32)28-12-9-15(10-13-28)29-19-17(4-3-11-25-19)27-20(29)21(22,23)24/h3-8,11,15H,2,9-10,12-13H2,1H3,(H,26,30). The molecule has 3 aromatic rings. The zero-order valence-corrected chi connectivity index (χ0v) is 18.5. The minimum absolute atomic E-state index is 0.0566. The van der Waals surface area contributed by atoms with Crippen molar-refractivity contribution >= 4 is 32.8 Å². The molecule has 12 heteroatoms. The van der Waals surface area contributed by atoms with Gasteiger partial charge >= 0.3 is 6.18 Å². The number of fused-ring (bicyclic) bond motifs is 1. The van der Waals surface area contributed by atoms with Gasteiger partial charge in [-0.25, -0.2) is 18.4 Å². The number of alkyl halides is 3. The lowest BCUT2D eigenvalue weighted by atomic mass is 10.1. The van der Waals surface area contributed by atoms with Gasteiger partial charge in [0.05, 0.1) is 4.90 Å². The predicted octanol–water partition coefficient (Wildman–Crippen LogP) is 3.82. The van der Waals surface area contributed by atoms with Crippen LogP contribution in [0.3, 0.4) is 0 Å². The Labute approximate surface area is 188 Å². The summed E-state index contributed by atoms with van der Waals surface area (Å²) in [6.45, 7) is 1.83. The number of aromatic nitrogens is 3. The number of benzene rings is 1. The Hall–Kier alpha value is -2.99. The van der Waals surface area contributed by atoms with Gasteiger partial charge < -0.3 is 9.88 Å². The molecular weight excluding hydrogens is 459 g/mol. The second-order valence-electron chi connectivity index (χ2n) is 7.71. The van der Waals surface area contributed by atoms with E-state index in [0.29, 0.717) is 12.1 Å². The molecule has 1 aromatic carbocycles. The van der Waals surface area contributed by atoms with Crippen LogP contribution in [0.4, 0.5) is 18.9 Å². The van der Waals surface area contributed by atoms with Crippen molar-refractivity contribution in [2.45, 2.75) is 43.3 Å². The number of pyridine rings is 1. The summed E-state index contributed by atoms with van der Waals surface area (Å²) in [6.07, 6.45) is -2.57. The molecule has 0 atom stereocenters. The topological polar surface area (TPSA) is 97.2 Å². The van der Waals surface area contributed by atoms with Gasteiger partial charge in [0, 0.05) is 37.4 Å². The van der Waals surface area contributed by atoms with Gasteiger partial charge in [0.2, 0.25) is 21.8 Å². The van der Waals surface area contributed by atoms with Crippen molar-refractivity contribution in [2.24, 2.45) is 0 Å². The van der Waals surface area contributed by atoms with E-state index in [2.05, 4.69) is 15.3 Å². The van der Waals surface area contributed by atoms with Crippen molar-refractivity contribution in [3.63, 3.8) is 0 Å². The Balaban J connectivity index is 1.53. The fourth-order valence-corrected chi connectivity index (χ4v) is 5.39. The average Bonchev–Trinajstić information content (AvgIpc) is 3.20. The molecule has 1 N–H and O–H groups in total. The number of hydrogen-bond donors (Lipinski definition) is 1. The molecule has 8 nitrogen and oxygen atoms in total. The van der Waals surface area contributed by atoms with Gasteiger partial charge in [-0.05, 0) is 49.2 Å². The van der Waals surface area contributed by atoms with E-state index in [0.717, 1.165) is 4.57 Å². The zero-order valence-electron chi connectivity index (χ0n) is 17.7. The molecule has 0 saturated carbocycles. The minimum Gasteiger partial charge on any atom is -0.326 e. The minimum atomic E-state index is -4.65. The second kappa shape index (κ2) is 8.75. The van der Waals surface area contributed by atoms with Crippen LogP contribution in [0, 0.1) is 0 Å². The molecule has 0 spiro atoms. The lowest BCUT2D eigenvalue weighted by Crippen LogP contribution is -2.39. The molecule has 0 radical (unpaired) electrons. The van der Waals surface area contributed by atoms with Crippen LogP contribution in [-0.2, 0) is 21.0 Å². The summed E-state index contributed by atoms with van der Waals surface area (Å²) in [7, 11) is -3.83. The molecule has 0 unspecified atom stereocenters. The summed E-state index contributed by atoms with van der Waals surface area (Å²) in [5.41, 5.74) is 0.768. The Kier molecular flexibility index (Phi) is 6.14. The van der Waals surface area contributed by atoms with Gasteiger partial charge in [-0.2, -0.15) is 17.5 Å². The lowest BCUT2D eigenvalue weighted by molar-refractivity contribution is -0.147. The summed E-state index contributed by atoms with van der Waals surface area (Å²) in [5, 5.41) is 2.65. The largest absolute Gasteiger partial charge is 0.449 e. The molecule has 1 fully saturated rings. The number of hydrogen-bond acceptors (Lipinski definition) is 5. The molecule has 1 amide bonds. The van der Waals surface area contributed by atoms with Crippen LogP contribution in [-0.4, -0.2) is 46.3 Å². The van der Waals surface area contributed by atoms with E-state index < -0.39 is 28.1 Å². The SMILES string of the molecule is CCC(=O)Nc1ccc(S(=O)(=O)N2CCC(n3c(C(F)(F)F)nc4cccnc43)CC2)cc1. The highest BCUT2D eigenvalue weighted by atomic mass is 32.2. The zero-order chi connectivity index (χ0) is 23.8. The van der Waals surface area contributed by atoms with Gasteiger partial charge in [0.15, 0.2) is 5.65 Å². The summed E-state index contributed by atoms with van der Waals surface area (Å²) in [5.74, 6) is -1.21. The van der Waals surface area contributed by atoms with Crippen LogP contribution in [0.1, 0.15) is 38.1 Å². The number of amides is 1. The highest BCUT2D eigenvalue weighted by molar-refractivity contribution is 7.89. The van der Waals surface area contributed by atoms with E-state index in [1.807, 2.05) is 0 Å². The third-order valence-corrected chi connectivity index (χ3v) is 7.50. The van der Waals surface area contributed by atoms with E-state index in [1.54, 1.807) is 6.92 Å². The summed E-state index contributed by atoms with van der Waals surface area (Å²) in [4.78, 5) is 19.3. The lowest BCUT2D eigenvalue weighted by Gasteiger charge is -2.32. The Morgan fingerprint density at radius 3 is 2.42 bits per heavy atom. The van der Waals surface area contributed by atoms with E-state index in [1.165, 1.54) is 46.9 Å². The molecule has 0 aliphatic carbocycles. The molecule has 0 bridgehead atoms. The van der Waals surface area contributed by atoms with Crippen LogP contribution in [0.2, 0.25) is 0 Å². The number of carbonyl (C=O) groups excluding carboxylic acids is 1. The summed E-state index contributed by atoms with van der Waals surface area (Å²) in [6, 6.07) is 8.23. The van der Waals surface area contributed by atoms with Gasteiger partial charge in [-0.1, -0.05) is 6.92 Å². The number of piperidine rings is 1. The van der Waals surface area contributed by atoms with E-state index >= 15 is 0 Å². The van der Waals surface area contributed by atoms with Gasteiger partial charge in [-0.15, -0.1) is 0 Å². The van der Waals surface area contributed by atoms with Crippen molar-refractivity contribution in [1.82, 2.24) is 18.8 Å². The van der Waals surface area contributed by atoms with E-state index in [-0.39, 0.29) is 47.9 Å². The van der Waals surface area contributed by atoms with Crippen LogP contribution < -0.4 is 5.32 Å². The fraction of sp³-hybridized carbons (Fsp3) is 0.381. The number of nitrogens with one attached hydrogen (secondary N) is 1. The maximum absolute atomic E-state index is 13.6. The second-order valence-corrected chi connectivity index (χ2v) is 9.65. The molecule has 33 heavy (non-hydrogen) atoms. The van der Waals surface area contributed by atoms with Crippen molar-refractivity contribution in [2.75, 3.05) is 18.4 Å². The van der Waals surface area contributed by atoms with Crippen LogP contribution in [0.5, 0.6) is 0 Å².